The van der Waals surface area contributed by atoms with Gasteiger partial charge in [0, 0.05) is 4.90 Å². The van der Waals surface area contributed by atoms with Crippen LogP contribution in [0.4, 0.5) is 11.4 Å². The van der Waals surface area contributed by atoms with Gasteiger partial charge in [-0.3, -0.25) is 14.9 Å². The second-order valence-corrected chi connectivity index (χ2v) is 6.57. The van der Waals surface area contributed by atoms with Crippen LogP contribution in [-0.2, 0) is 4.79 Å². The van der Waals surface area contributed by atoms with Crippen LogP contribution in [0.3, 0.4) is 0 Å². The minimum Gasteiger partial charge on any atom is -0.496 e. The Bertz CT molecular complexity index is 855. The molecule has 0 spiro atoms. The molecule has 1 unspecified atom stereocenters. The maximum atomic E-state index is 12.4. The molecule has 2 N–H and O–H groups in total. The molecule has 1 amide bonds. The number of rotatable bonds is 7. The molecule has 0 saturated heterocycles. The highest BCUT2D eigenvalue weighted by molar-refractivity contribution is 8.00. The van der Waals surface area contributed by atoms with E-state index in [0.717, 1.165) is 11.8 Å². The maximum Gasteiger partial charge on any atom is 0.336 e. The van der Waals surface area contributed by atoms with Gasteiger partial charge in [0.05, 0.1) is 28.9 Å². The predicted molar refractivity (Wildman–Crippen MR) is 97.0 cm³/mol. The van der Waals surface area contributed by atoms with Crippen LogP contribution in [0.5, 0.6) is 5.75 Å². The van der Waals surface area contributed by atoms with Crippen LogP contribution >= 0.6 is 11.8 Å². The molecule has 0 aromatic heterocycles. The molecule has 0 aliphatic rings. The first-order valence-corrected chi connectivity index (χ1v) is 8.33. The molecule has 1 atom stereocenters. The van der Waals surface area contributed by atoms with E-state index in [1.807, 2.05) is 0 Å². The second-order valence-electron chi connectivity index (χ2n) is 5.19. The molecule has 136 valence electrons. The number of nitrogens with zero attached hydrogens (tertiary/aromatic N) is 1. The molecule has 0 bridgehead atoms. The average molecular weight is 376 g/mol. The van der Waals surface area contributed by atoms with E-state index in [2.05, 4.69) is 5.32 Å². The van der Waals surface area contributed by atoms with E-state index in [1.54, 1.807) is 25.1 Å². The fourth-order valence-corrected chi connectivity index (χ4v) is 3.11. The minimum absolute atomic E-state index is 0.0415. The lowest BCUT2D eigenvalue weighted by molar-refractivity contribution is -0.384. The Balaban J connectivity index is 2.18. The lowest BCUT2D eigenvalue weighted by Crippen LogP contribution is -2.23. The van der Waals surface area contributed by atoms with Crippen molar-refractivity contribution in [2.75, 3.05) is 12.4 Å². The smallest absolute Gasteiger partial charge is 0.336 e. The summed E-state index contributed by atoms with van der Waals surface area (Å²) >= 11 is 1.06. The van der Waals surface area contributed by atoms with Gasteiger partial charge in [0.25, 0.3) is 5.69 Å². The zero-order valence-electron chi connectivity index (χ0n) is 14.0. The third kappa shape index (κ3) is 4.51. The first kappa shape index (κ1) is 19.3. The van der Waals surface area contributed by atoms with E-state index in [0.29, 0.717) is 10.6 Å². The Hall–Kier alpha value is -3.07. The highest BCUT2D eigenvalue weighted by Crippen LogP contribution is 2.31. The van der Waals surface area contributed by atoms with Crippen molar-refractivity contribution in [3.63, 3.8) is 0 Å². The van der Waals surface area contributed by atoms with Crippen molar-refractivity contribution in [1.82, 2.24) is 0 Å². The quantitative estimate of drug-likeness (QED) is 0.432. The summed E-state index contributed by atoms with van der Waals surface area (Å²) in [5.41, 5.74) is -0.159. The minimum atomic E-state index is -1.09. The molecule has 26 heavy (non-hydrogen) atoms. The number of nitro benzene ring substituents is 1. The van der Waals surface area contributed by atoms with E-state index in [-0.39, 0.29) is 16.9 Å². The van der Waals surface area contributed by atoms with Crippen LogP contribution in [0.25, 0.3) is 0 Å². The highest BCUT2D eigenvalue weighted by atomic mass is 32.2. The fourth-order valence-electron chi connectivity index (χ4n) is 2.12. The summed E-state index contributed by atoms with van der Waals surface area (Å²) < 4.78 is 4.95. The maximum absolute atomic E-state index is 12.4. The second kappa shape index (κ2) is 8.34. The number of hydrogen-bond donors (Lipinski definition) is 2. The molecule has 8 nitrogen and oxygen atoms in total. The number of carbonyl (C=O) groups is 2. The topological polar surface area (TPSA) is 119 Å². The third-order valence-corrected chi connectivity index (χ3v) is 4.63. The van der Waals surface area contributed by atoms with Gasteiger partial charge in [0.2, 0.25) is 5.91 Å². The predicted octanol–water partition coefficient (Wildman–Crippen LogP) is 3.42. The number of carbonyl (C=O) groups excluding carboxylic acids is 1. The summed E-state index contributed by atoms with van der Waals surface area (Å²) in [7, 11) is 1.38. The number of nitrogens with one attached hydrogen (secondary N) is 1. The van der Waals surface area contributed by atoms with Crippen LogP contribution in [0, 0.1) is 10.1 Å². The number of aromatic carboxylic acids is 1. The van der Waals surface area contributed by atoms with Gasteiger partial charge in [0.15, 0.2) is 0 Å². The Morgan fingerprint density at radius 1 is 1.27 bits per heavy atom. The number of carboxylic acid groups (broad SMARTS) is 1. The van der Waals surface area contributed by atoms with Crippen molar-refractivity contribution in [2.45, 2.75) is 17.1 Å². The van der Waals surface area contributed by atoms with Crippen LogP contribution in [0.15, 0.2) is 47.4 Å². The third-order valence-electron chi connectivity index (χ3n) is 3.45. The van der Waals surface area contributed by atoms with Gasteiger partial charge in [-0.1, -0.05) is 12.1 Å². The first-order chi connectivity index (χ1) is 12.3. The molecular formula is C17H16N2O6S. The molecule has 0 saturated carbocycles. The average Bonchev–Trinajstić information content (AvgIpc) is 2.62. The summed E-state index contributed by atoms with van der Waals surface area (Å²) in [6.45, 7) is 1.59. The summed E-state index contributed by atoms with van der Waals surface area (Å²) in [5.74, 6) is -1.28. The number of carboxylic acids is 1. The lowest BCUT2D eigenvalue weighted by atomic mass is 10.2. The number of amides is 1. The van der Waals surface area contributed by atoms with E-state index < -0.39 is 22.0 Å². The van der Waals surface area contributed by atoms with Gasteiger partial charge in [-0.15, -0.1) is 11.8 Å². The molecule has 2 rings (SSSR count). The number of hydrogen-bond acceptors (Lipinski definition) is 6. The van der Waals surface area contributed by atoms with E-state index >= 15 is 0 Å². The molecule has 0 fully saturated rings. The summed E-state index contributed by atoms with van der Waals surface area (Å²) in [6.07, 6.45) is 0. The van der Waals surface area contributed by atoms with Crippen molar-refractivity contribution in [3.05, 3.63) is 58.1 Å². The van der Waals surface area contributed by atoms with Gasteiger partial charge >= 0.3 is 5.97 Å². The molecule has 0 heterocycles. The van der Waals surface area contributed by atoms with E-state index in [1.165, 1.54) is 31.4 Å². The van der Waals surface area contributed by atoms with Crippen molar-refractivity contribution in [3.8, 4) is 5.75 Å². The molecule has 0 aliphatic heterocycles. The lowest BCUT2D eigenvalue weighted by Gasteiger charge is -2.14. The zero-order valence-corrected chi connectivity index (χ0v) is 14.8. The molecule has 0 aliphatic carbocycles. The van der Waals surface area contributed by atoms with Gasteiger partial charge < -0.3 is 15.2 Å². The Morgan fingerprint density at radius 3 is 2.58 bits per heavy atom. The SMILES string of the molecule is COc1ccc(NC(=O)C(C)Sc2ccccc2C(=O)O)c([N+](=O)[O-])c1. The van der Waals surface area contributed by atoms with Crippen LogP contribution < -0.4 is 10.1 Å². The van der Waals surface area contributed by atoms with Gasteiger partial charge in [-0.2, -0.15) is 0 Å². The molecule has 2 aromatic carbocycles. The highest BCUT2D eigenvalue weighted by Gasteiger charge is 2.22. The van der Waals surface area contributed by atoms with Crippen molar-refractivity contribution >= 4 is 35.0 Å². The number of nitro groups is 1. The first-order valence-electron chi connectivity index (χ1n) is 7.45. The Kier molecular flexibility index (Phi) is 6.18. The molecular weight excluding hydrogens is 360 g/mol. The van der Waals surface area contributed by atoms with Crippen molar-refractivity contribution in [1.29, 1.82) is 0 Å². The van der Waals surface area contributed by atoms with Crippen LogP contribution in [0.2, 0.25) is 0 Å². The number of ether oxygens (including phenoxy) is 1. The number of thioether (sulfide) groups is 1. The van der Waals surface area contributed by atoms with Gasteiger partial charge in [-0.05, 0) is 31.2 Å². The Labute approximate surface area is 153 Å². The van der Waals surface area contributed by atoms with Crippen LogP contribution in [0.1, 0.15) is 17.3 Å². The largest absolute Gasteiger partial charge is 0.496 e. The number of benzene rings is 2. The summed E-state index contributed by atoms with van der Waals surface area (Å²) in [6, 6.07) is 10.4. The molecule has 2 aromatic rings. The van der Waals surface area contributed by atoms with Crippen molar-refractivity contribution < 1.29 is 24.4 Å². The monoisotopic (exact) mass is 376 g/mol. The Morgan fingerprint density at radius 2 is 1.96 bits per heavy atom. The fraction of sp³-hybridized carbons (Fsp3) is 0.176. The molecule has 9 heteroatoms. The number of anilines is 1. The summed E-state index contributed by atoms with van der Waals surface area (Å²) in [5, 5.41) is 22.2. The van der Waals surface area contributed by atoms with Crippen LogP contribution in [-0.4, -0.2) is 34.3 Å². The van der Waals surface area contributed by atoms with E-state index in [4.69, 9.17) is 4.74 Å². The van der Waals surface area contributed by atoms with Crippen molar-refractivity contribution in [2.24, 2.45) is 0 Å². The molecule has 0 radical (unpaired) electrons. The van der Waals surface area contributed by atoms with Gasteiger partial charge in [0.1, 0.15) is 11.4 Å². The zero-order chi connectivity index (χ0) is 19.3. The summed E-state index contributed by atoms with van der Waals surface area (Å²) in [4.78, 5) is 34.6. The normalized spacial score (nSPS) is 11.5. The van der Waals surface area contributed by atoms with Gasteiger partial charge in [-0.25, -0.2) is 4.79 Å². The number of methoxy groups -OCH3 is 1. The standard InChI is InChI=1S/C17H16N2O6S/c1-10(26-15-6-4-3-5-12(15)17(21)22)16(20)18-13-8-7-11(25-2)9-14(13)19(23)24/h3-10H,1-2H3,(H,18,20)(H,21,22). The van der Waals surface area contributed by atoms with E-state index in [9.17, 15) is 24.8 Å².